The van der Waals surface area contributed by atoms with Crippen LogP contribution in [-0.2, 0) is 14.8 Å². The molecule has 2 aromatic carbocycles. The van der Waals surface area contributed by atoms with Crippen LogP contribution in [0, 0.1) is 18.3 Å². The zero-order valence-corrected chi connectivity index (χ0v) is 21.2. The second kappa shape index (κ2) is 10.3. The van der Waals surface area contributed by atoms with Gasteiger partial charge in [-0.2, -0.15) is 5.10 Å². The van der Waals surface area contributed by atoms with Crippen molar-refractivity contribution in [1.82, 2.24) is 5.43 Å². The van der Waals surface area contributed by atoms with Crippen LogP contribution in [0.15, 0.2) is 58.5 Å². The van der Waals surface area contributed by atoms with Gasteiger partial charge in [-0.05, 0) is 74.3 Å². The van der Waals surface area contributed by atoms with Gasteiger partial charge in [-0.1, -0.05) is 56.1 Å². The summed E-state index contributed by atoms with van der Waals surface area (Å²) in [6.45, 7) is 8.23. The lowest BCUT2D eigenvalue weighted by molar-refractivity contribution is -0.119. The molecule has 1 saturated carbocycles. The van der Waals surface area contributed by atoms with Crippen molar-refractivity contribution in [3.05, 3.63) is 59.1 Å². The van der Waals surface area contributed by atoms with E-state index in [-0.39, 0.29) is 10.3 Å². The Balaban J connectivity index is 1.77. The van der Waals surface area contributed by atoms with Gasteiger partial charge in [0.1, 0.15) is 6.54 Å². The predicted octanol–water partition coefficient (Wildman–Crippen LogP) is 5.55. The first-order valence-electron chi connectivity index (χ1n) is 11.2. The largest absolute Gasteiger partial charge is 0.271 e. The number of sulfonamides is 1. The summed E-state index contributed by atoms with van der Waals surface area (Å²) >= 11 is 6.10. The number of hydrazone groups is 1. The van der Waals surface area contributed by atoms with E-state index in [1.54, 1.807) is 30.3 Å². The van der Waals surface area contributed by atoms with Crippen LogP contribution >= 0.6 is 11.6 Å². The first-order valence-corrected chi connectivity index (χ1v) is 13.0. The van der Waals surface area contributed by atoms with Gasteiger partial charge < -0.3 is 0 Å². The lowest BCUT2D eigenvalue weighted by atomic mass is 9.72. The third-order valence-electron chi connectivity index (χ3n) is 6.12. The Hall–Kier alpha value is -2.38. The number of nitrogens with one attached hydrogen (secondary N) is 1. The van der Waals surface area contributed by atoms with Crippen molar-refractivity contribution in [2.45, 2.75) is 58.3 Å². The fraction of sp³-hybridized carbons (Fsp3) is 0.440. The fourth-order valence-electron chi connectivity index (χ4n) is 4.02. The van der Waals surface area contributed by atoms with Crippen LogP contribution in [0.5, 0.6) is 0 Å². The van der Waals surface area contributed by atoms with Crippen LogP contribution < -0.4 is 9.73 Å². The van der Waals surface area contributed by atoms with E-state index in [1.165, 1.54) is 18.2 Å². The van der Waals surface area contributed by atoms with Crippen molar-refractivity contribution in [3.8, 4) is 0 Å². The van der Waals surface area contributed by atoms with Crippen LogP contribution in [0.3, 0.4) is 0 Å². The van der Waals surface area contributed by atoms with Gasteiger partial charge in [-0.25, -0.2) is 13.8 Å². The number of amides is 1. The highest BCUT2D eigenvalue weighted by atomic mass is 35.5. The van der Waals surface area contributed by atoms with Gasteiger partial charge in [0.15, 0.2) is 0 Å². The highest BCUT2D eigenvalue weighted by Crippen LogP contribution is 2.36. The van der Waals surface area contributed by atoms with Gasteiger partial charge in [0.05, 0.1) is 10.6 Å². The smallest absolute Gasteiger partial charge is 0.264 e. The fourth-order valence-corrected chi connectivity index (χ4v) is 5.62. The van der Waals surface area contributed by atoms with Crippen molar-refractivity contribution >= 4 is 38.9 Å². The maximum absolute atomic E-state index is 13.4. The summed E-state index contributed by atoms with van der Waals surface area (Å²) in [5.41, 5.74) is 5.03. The number of nitrogens with zero attached hydrogens (tertiary/aromatic N) is 2. The first-order chi connectivity index (χ1) is 15.5. The first kappa shape index (κ1) is 25.2. The van der Waals surface area contributed by atoms with E-state index in [4.69, 9.17) is 11.6 Å². The summed E-state index contributed by atoms with van der Waals surface area (Å²) in [5, 5.41) is 4.68. The number of rotatable bonds is 6. The average molecular weight is 490 g/mol. The zero-order chi connectivity index (χ0) is 24.2. The van der Waals surface area contributed by atoms with Crippen molar-refractivity contribution in [1.29, 1.82) is 0 Å². The molecular formula is C25H32ClN3O3S. The standard InChI is InChI=1S/C25H32ClN3O3S/c1-18-8-14-23(15-9-18)33(31,32)29(22-7-5-6-20(26)16-22)17-24(30)28-27-21-12-10-19(11-13-21)25(2,3)4/h5-9,14-16,19H,10-13,17H2,1-4H3,(H,28,30). The van der Waals surface area contributed by atoms with Gasteiger partial charge in [0, 0.05) is 10.7 Å². The molecule has 178 valence electrons. The summed E-state index contributed by atoms with van der Waals surface area (Å²) in [4.78, 5) is 12.9. The van der Waals surface area contributed by atoms with Crippen LogP contribution in [0.1, 0.15) is 52.0 Å². The molecule has 0 aromatic heterocycles. The van der Waals surface area contributed by atoms with Gasteiger partial charge in [0.2, 0.25) is 0 Å². The number of carbonyl (C=O) groups is 1. The number of benzene rings is 2. The van der Waals surface area contributed by atoms with Crippen molar-refractivity contribution in [2.75, 3.05) is 10.8 Å². The number of aryl methyl sites for hydroxylation is 1. The van der Waals surface area contributed by atoms with E-state index in [2.05, 4.69) is 31.3 Å². The molecule has 0 heterocycles. The molecule has 0 spiro atoms. The van der Waals surface area contributed by atoms with E-state index in [9.17, 15) is 13.2 Å². The topological polar surface area (TPSA) is 78.8 Å². The van der Waals surface area contributed by atoms with E-state index in [1.807, 2.05) is 6.92 Å². The third kappa shape index (κ3) is 6.58. The third-order valence-corrected chi connectivity index (χ3v) is 8.14. The van der Waals surface area contributed by atoms with Crippen LogP contribution in [0.2, 0.25) is 5.02 Å². The molecule has 1 fully saturated rings. The minimum absolute atomic E-state index is 0.104. The predicted molar refractivity (Wildman–Crippen MR) is 134 cm³/mol. The second-order valence-corrected chi connectivity index (χ2v) is 12.0. The van der Waals surface area contributed by atoms with E-state index >= 15 is 0 Å². The molecule has 2 aromatic rings. The Bertz CT molecular complexity index is 1110. The van der Waals surface area contributed by atoms with Crippen molar-refractivity contribution < 1.29 is 13.2 Å². The molecule has 1 amide bonds. The monoisotopic (exact) mass is 489 g/mol. The minimum atomic E-state index is -3.98. The van der Waals surface area contributed by atoms with Crippen LogP contribution in [0.4, 0.5) is 5.69 Å². The summed E-state index contributed by atoms with van der Waals surface area (Å²) < 4.78 is 27.9. The molecule has 3 rings (SSSR count). The van der Waals surface area contributed by atoms with Crippen molar-refractivity contribution in [3.63, 3.8) is 0 Å². The Kier molecular flexibility index (Phi) is 7.85. The molecule has 0 aliphatic heterocycles. The number of halogens is 1. The number of hydrogen-bond donors (Lipinski definition) is 1. The van der Waals surface area contributed by atoms with E-state index < -0.39 is 22.5 Å². The summed E-state index contributed by atoms with van der Waals surface area (Å²) in [5.74, 6) is 0.126. The molecule has 8 heteroatoms. The quantitative estimate of drug-likeness (QED) is 0.540. The molecule has 0 saturated heterocycles. The lowest BCUT2D eigenvalue weighted by Gasteiger charge is -2.34. The van der Waals surface area contributed by atoms with Crippen LogP contribution in [0.25, 0.3) is 0 Å². The van der Waals surface area contributed by atoms with Gasteiger partial charge in [0.25, 0.3) is 15.9 Å². The second-order valence-electron chi connectivity index (χ2n) is 9.66. The van der Waals surface area contributed by atoms with Gasteiger partial charge >= 0.3 is 0 Å². The molecule has 0 atom stereocenters. The molecule has 1 aliphatic carbocycles. The number of carbonyl (C=O) groups excluding carboxylic acids is 1. The van der Waals surface area contributed by atoms with Crippen molar-refractivity contribution in [2.24, 2.45) is 16.4 Å². The Morgan fingerprint density at radius 2 is 1.76 bits per heavy atom. The molecular weight excluding hydrogens is 458 g/mol. The SMILES string of the molecule is Cc1ccc(S(=O)(=O)N(CC(=O)NN=C2CCC(C(C)(C)C)CC2)c2cccc(Cl)c2)cc1. The normalized spacial score (nSPS) is 16.9. The van der Waals surface area contributed by atoms with Gasteiger partial charge in [-0.3, -0.25) is 9.10 Å². The highest BCUT2D eigenvalue weighted by Gasteiger charge is 2.29. The lowest BCUT2D eigenvalue weighted by Crippen LogP contribution is -2.40. The zero-order valence-electron chi connectivity index (χ0n) is 19.6. The van der Waals surface area contributed by atoms with E-state index in [0.29, 0.717) is 16.6 Å². The summed E-state index contributed by atoms with van der Waals surface area (Å²) in [6.07, 6.45) is 3.74. The molecule has 0 radical (unpaired) electrons. The van der Waals surface area contributed by atoms with E-state index in [0.717, 1.165) is 41.3 Å². The molecule has 6 nitrogen and oxygen atoms in total. The Morgan fingerprint density at radius 3 is 2.33 bits per heavy atom. The van der Waals surface area contributed by atoms with Crippen LogP contribution in [-0.4, -0.2) is 26.6 Å². The highest BCUT2D eigenvalue weighted by molar-refractivity contribution is 7.92. The number of anilines is 1. The Morgan fingerprint density at radius 1 is 1.12 bits per heavy atom. The average Bonchev–Trinajstić information content (AvgIpc) is 2.76. The molecule has 0 unspecified atom stereocenters. The summed E-state index contributed by atoms with van der Waals surface area (Å²) in [7, 11) is -3.98. The molecule has 0 bridgehead atoms. The number of hydrogen-bond acceptors (Lipinski definition) is 4. The van der Waals surface area contributed by atoms with Gasteiger partial charge in [-0.15, -0.1) is 0 Å². The molecule has 33 heavy (non-hydrogen) atoms. The summed E-state index contributed by atoms with van der Waals surface area (Å²) in [6, 6.07) is 13.0. The molecule has 1 aliphatic rings. The molecule has 1 N–H and O–H groups in total. The maximum atomic E-state index is 13.4. The Labute approximate surface area is 202 Å². The minimum Gasteiger partial charge on any atom is -0.271 e. The maximum Gasteiger partial charge on any atom is 0.264 e.